The molecule has 0 amide bonds. The summed E-state index contributed by atoms with van der Waals surface area (Å²) in [6.07, 6.45) is 10.8. The van der Waals surface area contributed by atoms with Gasteiger partial charge in [0.25, 0.3) is 0 Å². The highest BCUT2D eigenvalue weighted by Gasteiger charge is 2.50. The Balaban J connectivity index is 0.000000265. The van der Waals surface area contributed by atoms with E-state index in [1.807, 2.05) is 34.9 Å². The fraction of sp³-hybridized carbons (Fsp3) is 0.565. The average Bonchev–Trinajstić information content (AvgIpc) is 3.24. The maximum atomic E-state index is 11.6. The molecular weight excluding hydrogens is 398 g/mol. The molecule has 1 saturated carbocycles. The Morgan fingerprint density at radius 3 is 2.50 bits per heavy atom. The number of aliphatic hydroxyl groups is 1. The number of aromatic nitrogens is 2. The zero-order chi connectivity index (χ0) is 21.1. The van der Waals surface area contributed by atoms with Crippen LogP contribution in [0.4, 0.5) is 0 Å². The number of hydrogen-bond donors (Lipinski definition) is 2. The third-order valence-electron chi connectivity index (χ3n) is 6.42. The Bertz CT molecular complexity index is 879. The lowest BCUT2D eigenvalue weighted by molar-refractivity contribution is -0.425. The van der Waals surface area contributed by atoms with Crippen LogP contribution in [-0.2, 0) is 23.4 Å². The first-order chi connectivity index (χ1) is 14.5. The monoisotopic (exact) mass is 429 g/mol. The van der Waals surface area contributed by atoms with Gasteiger partial charge in [0.1, 0.15) is 0 Å². The van der Waals surface area contributed by atoms with Crippen LogP contribution >= 0.6 is 11.8 Å². The summed E-state index contributed by atoms with van der Waals surface area (Å²) in [7, 11) is 0. The summed E-state index contributed by atoms with van der Waals surface area (Å²) in [4.78, 5) is 15.8. The lowest BCUT2D eigenvalue weighted by atomic mass is 9.94. The predicted molar refractivity (Wildman–Crippen MR) is 114 cm³/mol. The van der Waals surface area contributed by atoms with Crippen molar-refractivity contribution < 1.29 is 20.7 Å². The largest absolute Gasteiger partial charge is 0.550 e. The first kappa shape index (κ1) is 21.4. The van der Waals surface area contributed by atoms with Crippen molar-refractivity contribution >= 4 is 17.7 Å². The number of benzene rings is 1. The van der Waals surface area contributed by atoms with E-state index in [4.69, 9.17) is 0 Å². The van der Waals surface area contributed by atoms with Crippen LogP contribution in [0.15, 0.2) is 35.5 Å². The van der Waals surface area contributed by atoms with E-state index in [-0.39, 0.29) is 6.42 Å². The quantitative estimate of drug-likeness (QED) is 0.771. The van der Waals surface area contributed by atoms with Crippen molar-refractivity contribution in [2.24, 2.45) is 0 Å². The summed E-state index contributed by atoms with van der Waals surface area (Å²) in [6, 6.07) is 10.1. The van der Waals surface area contributed by atoms with Crippen LogP contribution in [0.1, 0.15) is 68.3 Å². The van der Waals surface area contributed by atoms with Gasteiger partial charge >= 0.3 is 0 Å². The van der Waals surface area contributed by atoms with Gasteiger partial charge in [-0.1, -0.05) is 48.5 Å². The molecule has 2 unspecified atom stereocenters. The van der Waals surface area contributed by atoms with Crippen molar-refractivity contribution in [3.8, 4) is 0 Å². The number of aryl methyl sites for hydroxylation is 1. The number of imidazole rings is 1. The van der Waals surface area contributed by atoms with Crippen LogP contribution in [0.25, 0.3) is 0 Å². The highest BCUT2D eigenvalue weighted by atomic mass is 32.2. The SMILES string of the molecule is O=C([O-])CC1Sc2nc3c(n2C1(O)c1ccccc1)CCCC3.[NH3+]C1CCCCC1. The van der Waals surface area contributed by atoms with Gasteiger partial charge in [-0.25, -0.2) is 4.98 Å². The average molecular weight is 430 g/mol. The number of quaternary nitrogens is 1. The van der Waals surface area contributed by atoms with Crippen molar-refractivity contribution in [3.63, 3.8) is 0 Å². The Kier molecular flexibility index (Phi) is 6.51. The zero-order valence-corrected chi connectivity index (χ0v) is 18.2. The van der Waals surface area contributed by atoms with Gasteiger partial charge < -0.3 is 20.7 Å². The maximum Gasteiger partial charge on any atom is 0.183 e. The number of thioether (sulfide) groups is 1. The van der Waals surface area contributed by atoms with Gasteiger partial charge in [0, 0.05) is 23.6 Å². The summed E-state index contributed by atoms with van der Waals surface area (Å²) < 4.78 is 1.87. The summed E-state index contributed by atoms with van der Waals surface area (Å²) in [5.41, 5.74) is 5.39. The lowest BCUT2D eigenvalue weighted by Crippen LogP contribution is -2.61. The van der Waals surface area contributed by atoms with Crippen molar-refractivity contribution in [1.29, 1.82) is 0 Å². The number of carboxylic acid groups (broad SMARTS) is 1. The molecule has 162 valence electrons. The van der Waals surface area contributed by atoms with Crippen LogP contribution in [0.5, 0.6) is 0 Å². The molecular formula is C23H31N3O3S. The number of nitrogens with zero attached hydrogens (tertiary/aromatic N) is 2. The first-order valence-corrected chi connectivity index (χ1v) is 12.0. The number of carboxylic acids is 1. The number of rotatable bonds is 3. The minimum Gasteiger partial charge on any atom is -0.550 e. The molecule has 3 aliphatic rings. The van der Waals surface area contributed by atoms with E-state index in [1.54, 1.807) is 0 Å². The normalized spacial score (nSPS) is 25.7. The second-order valence-corrected chi connectivity index (χ2v) is 9.78. The highest BCUT2D eigenvalue weighted by molar-refractivity contribution is 8.00. The molecule has 1 aliphatic heterocycles. The van der Waals surface area contributed by atoms with Gasteiger partial charge in [0.2, 0.25) is 0 Å². The molecule has 2 atom stereocenters. The minimum absolute atomic E-state index is 0.214. The van der Waals surface area contributed by atoms with Gasteiger partial charge in [-0.3, -0.25) is 4.57 Å². The van der Waals surface area contributed by atoms with Crippen molar-refractivity contribution in [2.75, 3.05) is 0 Å². The van der Waals surface area contributed by atoms with Crippen LogP contribution < -0.4 is 10.8 Å². The van der Waals surface area contributed by atoms with E-state index in [0.717, 1.165) is 48.3 Å². The Labute approximate surface area is 181 Å². The summed E-state index contributed by atoms with van der Waals surface area (Å²) in [5.74, 6) is -1.16. The van der Waals surface area contributed by atoms with E-state index in [9.17, 15) is 15.0 Å². The fourth-order valence-electron chi connectivity index (χ4n) is 4.82. The predicted octanol–water partition coefficient (Wildman–Crippen LogP) is 1.63. The van der Waals surface area contributed by atoms with E-state index >= 15 is 0 Å². The third kappa shape index (κ3) is 4.15. The highest BCUT2D eigenvalue weighted by Crippen LogP contribution is 2.49. The first-order valence-electron chi connectivity index (χ1n) is 11.1. The smallest absolute Gasteiger partial charge is 0.183 e. The fourth-order valence-corrected chi connectivity index (χ4v) is 6.22. The van der Waals surface area contributed by atoms with Gasteiger partial charge in [0.15, 0.2) is 10.9 Å². The molecule has 0 bridgehead atoms. The molecule has 2 aromatic rings. The van der Waals surface area contributed by atoms with Crippen molar-refractivity contribution in [1.82, 2.24) is 9.55 Å². The minimum atomic E-state index is -1.39. The van der Waals surface area contributed by atoms with Crippen LogP contribution in [0.2, 0.25) is 0 Å². The molecule has 1 aromatic carbocycles. The van der Waals surface area contributed by atoms with Gasteiger partial charge in [-0.15, -0.1) is 0 Å². The molecule has 30 heavy (non-hydrogen) atoms. The molecule has 4 N–H and O–H groups in total. The summed E-state index contributed by atoms with van der Waals surface area (Å²) >= 11 is 1.34. The molecule has 0 spiro atoms. The third-order valence-corrected chi connectivity index (χ3v) is 7.68. The van der Waals surface area contributed by atoms with Crippen molar-refractivity contribution in [2.45, 2.75) is 86.4 Å². The number of carbonyl (C=O) groups is 1. The molecule has 6 nitrogen and oxygen atoms in total. The molecule has 5 rings (SSSR count). The van der Waals surface area contributed by atoms with Crippen LogP contribution in [-0.4, -0.2) is 31.9 Å². The molecule has 7 heteroatoms. The Morgan fingerprint density at radius 2 is 1.87 bits per heavy atom. The van der Waals surface area contributed by atoms with Crippen molar-refractivity contribution in [3.05, 3.63) is 47.3 Å². The molecule has 2 aliphatic carbocycles. The second-order valence-electron chi connectivity index (χ2n) is 8.61. The van der Waals surface area contributed by atoms with Gasteiger partial charge in [-0.2, -0.15) is 0 Å². The molecule has 0 saturated heterocycles. The number of hydrogen-bond acceptors (Lipinski definition) is 5. The zero-order valence-electron chi connectivity index (χ0n) is 17.4. The molecule has 1 aromatic heterocycles. The molecule has 1 fully saturated rings. The number of fused-ring (bicyclic) bond motifs is 3. The van der Waals surface area contributed by atoms with Gasteiger partial charge in [-0.05, 0) is 51.4 Å². The van der Waals surface area contributed by atoms with E-state index < -0.39 is 16.9 Å². The summed E-state index contributed by atoms with van der Waals surface area (Å²) in [5, 5.41) is 22.9. The molecule has 0 radical (unpaired) electrons. The van der Waals surface area contributed by atoms with Crippen LogP contribution in [0.3, 0.4) is 0 Å². The lowest BCUT2D eigenvalue weighted by Gasteiger charge is -2.33. The standard InChI is InChI=1S/C17H18N2O3S.C6H13N/c20-15(21)10-14-17(22,11-6-2-1-3-7-11)19-13-9-5-4-8-12(13)18-16(19)23-14;7-6-4-2-1-3-5-6/h1-3,6-7,14,22H,4-5,8-10H2,(H,20,21);6H,1-5,7H2. The number of aliphatic carboxylic acids is 1. The topological polar surface area (TPSA) is 106 Å². The second kappa shape index (κ2) is 9.12. The summed E-state index contributed by atoms with van der Waals surface area (Å²) in [6.45, 7) is 0. The van der Waals surface area contributed by atoms with E-state index in [2.05, 4.69) is 10.7 Å². The Morgan fingerprint density at radius 1 is 1.17 bits per heavy atom. The van der Waals surface area contributed by atoms with E-state index in [1.165, 1.54) is 43.9 Å². The van der Waals surface area contributed by atoms with Gasteiger partial charge in [0.05, 0.1) is 17.0 Å². The van der Waals surface area contributed by atoms with E-state index in [0.29, 0.717) is 5.56 Å². The van der Waals surface area contributed by atoms with Crippen LogP contribution in [0, 0.1) is 0 Å². The Hall–Kier alpha value is -1.83. The molecule has 2 heterocycles. The maximum absolute atomic E-state index is 11.6. The number of carbonyl (C=O) groups excluding carboxylic acids is 1.